The van der Waals surface area contributed by atoms with Gasteiger partial charge in [0, 0.05) is 10.7 Å². The van der Waals surface area contributed by atoms with Crippen LogP contribution in [0.5, 0.6) is 5.75 Å². The van der Waals surface area contributed by atoms with Gasteiger partial charge in [-0.2, -0.15) is 0 Å². The summed E-state index contributed by atoms with van der Waals surface area (Å²) >= 11 is 12.0. The summed E-state index contributed by atoms with van der Waals surface area (Å²) in [6.45, 7) is 0.145. The highest BCUT2D eigenvalue weighted by Crippen LogP contribution is 2.24. The van der Waals surface area contributed by atoms with Gasteiger partial charge in [0.1, 0.15) is 11.5 Å². The summed E-state index contributed by atoms with van der Waals surface area (Å²) in [6.07, 6.45) is 1.57. The molecule has 128 valence electrons. The third-order valence-corrected chi connectivity index (χ3v) is 4.09. The van der Waals surface area contributed by atoms with Crippen LogP contribution in [0.4, 0.5) is 5.69 Å². The van der Waals surface area contributed by atoms with Crippen molar-refractivity contribution in [3.8, 4) is 5.75 Å². The molecule has 0 radical (unpaired) electrons. The maximum atomic E-state index is 12.7. The molecule has 6 heteroatoms. The maximum Gasteiger partial charge on any atom is 0.265 e. The van der Waals surface area contributed by atoms with Gasteiger partial charge in [-0.1, -0.05) is 35.3 Å². The van der Waals surface area contributed by atoms with E-state index in [0.29, 0.717) is 33.8 Å². The fourth-order valence-corrected chi connectivity index (χ4v) is 2.60. The zero-order chi connectivity index (χ0) is 17.6. The molecule has 0 unspecified atom stereocenters. The zero-order valence-corrected chi connectivity index (χ0v) is 14.7. The first-order valence-corrected chi connectivity index (χ1v) is 8.35. The van der Waals surface area contributed by atoms with Gasteiger partial charge in [-0.3, -0.25) is 4.79 Å². The van der Waals surface area contributed by atoms with Crippen molar-refractivity contribution >= 4 is 34.8 Å². The third-order valence-electron chi connectivity index (χ3n) is 3.52. The van der Waals surface area contributed by atoms with Gasteiger partial charge >= 0.3 is 0 Å². The first-order chi connectivity index (χ1) is 12.1. The van der Waals surface area contributed by atoms with Crippen LogP contribution >= 0.6 is 23.2 Å². The summed E-state index contributed by atoms with van der Waals surface area (Å²) in [7, 11) is 0. The molecule has 1 aromatic heterocycles. The lowest BCUT2D eigenvalue weighted by Crippen LogP contribution is -2.34. The van der Waals surface area contributed by atoms with Crippen LogP contribution in [-0.4, -0.2) is 12.5 Å². The van der Waals surface area contributed by atoms with E-state index in [1.165, 1.54) is 0 Å². The van der Waals surface area contributed by atoms with Gasteiger partial charge in [0.2, 0.25) is 0 Å². The maximum absolute atomic E-state index is 12.7. The Morgan fingerprint density at radius 1 is 1.00 bits per heavy atom. The third kappa shape index (κ3) is 4.56. The molecule has 1 heterocycles. The standard InChI is InChI=1S/C19H15Cl2NO3/c20-14-7-9-15(10-8-14)22(12-16-4-3-11-24-16)19(23)13-25-18-6-2-1-5-17(18)21/h1-11H,12-13H2. The SMILES string of the molecule is O=C(COc1ccccc1Cl)N(Cc1ccco1)c1ccc(Cl)cc1. The summed E-state index contributed by atoms with van der Waals surface area (Å²) in [6, 6.07) is 17.6. The largest absolute Gasteiger partial charge is 0.482 e. The highest BCUT2D eigenvalue weighted by molar-refractivity contribution is 6.32. The molecule has 0 atom stereocenters. The number of hydrogen-bond donors (Lipinski definition) is 0. The monoisotopic (exact) mass is 375 g/mol. The van der Waals surface area contributed by atoms with Crippen LogP contribution in [0.1, 0.15) is 5.76 Å². The van der Waals surface area contributed by atoms with Crippen LogP contribution in [0, 0.1) is 0 Å². The van der Waals surface area contributed by atoms with Crippen molar-refractivity contribution in [3.05, 3.63) is 82.7 Å². The van der Waals surface area contributed by atoms with E-state index in [9.17, 15) is 4.79 Å². The van der Waals surface area contributed by atoms with Crippen LogP contribution in [0.2, 0.25) is 10.0 Å². The lowest BCUT2D eigenvalue weighted by molar-refractivity contribution is -0.120. The predicted molar refractivity (Wildman–Crippen MR) is 98.3 cm³/mol. The van der Waals surface area contributed by atoms with Gasteiger partial charge in [-0.05, 0) is 48.5 Å². The van der Waals surface area contributed by atoms with Crippen molar-refractivity contribution in [3.63, 3.8) is 0 Å². The number of hydrogen-bond acceptors (Lipinski definition) is 3. The predicted octanol–water partition coefficient (Wildman–Crippen LogP) is 5.20. The normalized spacial score (nSPS) is 10.5. The minimum Gasteiger partial charge on any atom is -0.482 e. The molecule has 0 saturated carbocycles. The molecule has 4 nitrogen and oxygen atoms in total. The van der Waals surface area contributed by atoms with Crippen molar-refractivity contribution in [1.29, 1.82) is 0 Å². The fraction of sp³-hybridized carbons (Fsp3) is 0.105. The van der Waals surface area contributed by atoms with E-state index in [4.69, 9.17) is 32.4 Å². The molecule has 0 aliphatic carbocycles. The second kappa shape index (κ2) is 8.10. The number of para-hydroxylation sites is 1. The highest BCUT2D eigenvalue weighted by Gasteiger charge is 2.18. The van der Waals surface area contributed by atoms with E-state index in [1.54, 1.807) is 65.8 Å². The number of rotatable bonds is 6. The molecule has 0 aliphatic heterocycles. The van der Waals surface area contributed by atoms with Gasteiger partial charge in [-0.25, -0.2) is 0 Å². The number of benzene rings is 2. The van der Waals surface area contributed by atoms with Crippen LogP contribution in [0.15, 0.2) is 71.3 Å². The van der Waals surface area contributed by atoms with Crippen molar-refractivity contribution in [1.82, 2.24) is 0 Å². The van der Waals surface area contributed by atoms with Gasteiger partial charge in [0.25, 0.3) is 5.91 Å². The zero-order valence-electron chi connectivity index (χ0n) is 13.2. The Bertz CT molecular complexity index is 832. The first kappa shape index (κ1) is 17.4. The van der Waals surface area contributed by atoms with Gasteiger partial charge in [0.05, 0.1) is 17.8 Å². The summed E-state index contributed by atoms with van der Waals surface area (Å²) in [5.74, 6) is 0.909. The van der Waals surface area contributed by atoms with Gasteiger partial charge < -0.3 is 14.1 Å². The number of halogens is 2. The Balaban J connectivity index is 1.77. The molecule has 2 aromatic carbocycles. The Hall–Kier alpha value is -2.43. The van der Waals surface area contributed by atoms with E-state index in [0.717, 1.165) is 0 Å². The topological polar surface area (TPSA) is 42.7 Å². The van der Waals surface area contributed by atoms with E-state index in [-0.39, 0.29) is 12.5 Å². The number of nitrogens with zero attached hydrogens (tertiary/aromatic N) is 1. The molecule has 0 spiro atoms. The summed E-state index contributed by atoms with van der Waals surface area (Å²) in [5, 5.41) is 1.06. The molecule has 3 rings (SSSR count). The first-order valence-electron chi connectivity index (χ1n) is 7.59. The number of amides is 1. The van der Waals surface area contributed by atoms with Crippen LogP contribution in [0.25, 0.3) is 0 Å². The summed E-state index contributed by atoms with van der Waals surface area (Å²) in [4.78, 5) is 14.3. The van der Waals surface area contributed by atoms with Crippen molar-refractivity contribution in [2.75, 3.05) is 11.5 Å². The molecule has 0 bridgehead atoms. The molecule has 0 saturated heterocycles. The average Bonchev–Trinajstić information content (AvgIpc) is 3.13. The van der Waals surface area contributed by atoms with Crippen LogP contribution in [0.3, 0.4) is 0 Å². The Morgan fingerprint density at radius 2 is 1.76 bits per heavy atom. The number of carbonyl (C=O) groups excluding carboxylic acids is 1. The van der Waals surface area contributed by atoms with E-state index < -0.39 is 0 Å². The summed E-state index contributed by atoms with van der Waals surface area (Å²) < 4.78 is 10.9. The molecule has 0 aliphatic rings. The molecule has 0 fully saturated rings. The van der Waals surface area contributed by atoms with E-state index in [1.807, 2.05) is 6.07 Å². The second-order valence-electron chi connectivity index (χ2n) is 5.25. The fourth-order valence-electron chi connectivity index (χ4n) is 2.28. The van der Waals surface area contributed by atoms with E-state index >= 15 is 0 Å². The average molecular weight is 376 g/mol. The van der Waals surface area contributed by atoms with Crippen LogP contribution in [-0.2, 0) is 11.3 Å². The van der Waals surface area contributed by atoms with Crippen molar-refractivity contribution in [2.24, 2.45) is 0 Å². The smallest absolute Gasteiger partial charge is 0.265 e. The molecule has 3 aromatic rings. The van der Waals surface area contributed by atoms with Crippen molar-refractivity contribution in [2.45, 2.75) is 6.54 Å². The minimum atomic E-state index is -0.223. The molecule has 25 heavy (non-hydrogen) atoms. The second-order valence-corrected chi connectivity index (χ2v) is 6.10. The van der Waals surface area contributed by atoms with Gasteiger partial charge in [-0.15, -0.1) is 0 Å². The molecular weight excluding hydrogens is 361 g/mol. The lowest BCUT2D eigenvalue weighted by Gasteiger charge is -2.22. The number of furan rings is 1. The lowest BCUT2D eigenvalue weighted by atomic mass is 10.2. The van der Waals surface area contributed by atoms with Crippen molar-refractivity contribution < 1.29 is 13.9 Å². The van der Waals surface area contributed by atoms with Crippen LogP contribution < -0.4 is 9.64 Å². The van der Waals surface area contributed by atoms with E-state index in [2.05, 4.69) is 0 Å². The minimum absolute atomic E-state index is 0.146. The highest BCUT2D eigenvalue weighted by atomic mass is 35.5. The number of ether oxygens (including phenoxy) is 1. The quantitative estimate of drug-likeness (QED) is 0.594. The Kier molecular flexibility index (Phi) is 5.64. The number of carbonyl (C=O) groups is 1. The Labute approximate surface area is 155 Å². The molecular formula is C19H15Cl2NO3. The summed E-state index contributed by atoms with van der Waals surface area (Å²) in [5.41, 5.74) is 0.702. The molecule has 0 N–H and O–H groups in total. The Morgan fingerprint density at radius 3 is 2.44 bits per heavy atom. The molecule has 1 amide bonds. The number of anilines is 1. The van der Waals surface area contributed by atoms with Gasteiger partial charge in [0.15, 0.2) is 6.61 Å².